The van der Waals surface area contributed by atoms with Gasteiger partial charge in [0.05, 0.1) is 6.54 Å². The zero-order chi connectivity index (χ0) is 17.3. The van der Waals surface area contributed by atoms with Gasteiger partial charge in [-0.25, -0.2) is 14.1 Å². The number of aryl methyl sites for hydroxylation is 1. The summed E-state index contributed by atoms with van der Waals surface area (Å²) >= 11 is 0. The molecule has 0 fully saturated rings. The van der Waals surface area contributed by atoms with Crippen LogP contribution in [0.2, 0.25) is 0 Å². The van der Waals surface area contributed by atoms with Crippen molar-refractivity contribution < 1.29 is 9.18 Å². The summed E-state index contributed by atoms with van der Waals surface area (Å²) in [5.74, 6) is 1.29. The fraction of sp³-hybridized carbons (Fsp3) is 0.471. The Morgan fingerprint density at radius 3 is 2.71 bits per heavy atom. The second-order valence-corrected chi connectivity index (χ2v) is 6.51. The number of nitrogens with one attached hydrogen (secondary N) is 1. The van der Waals surface area contributed by atoms with Crippen LogP contribution in [0.1, 0.15) is 49.4 Å². The number of hydrogen-bond donors (Lipinski definition) is 2. The van der Waals surface area contributed by atoms with Crippen LogP contribution in [0.25, 0.3) is 0 Å². The maximum Gasteiger partial charge on any atom is 0.239 e. The van der Waals surface area contributed by atoms with Crippen LogP contribution in [-0.2, 0) is 17.8 Å². The van der Waals surface area contributed by atoms with Crippen molar-refractivity contribution in [2.75, 3.05) is 0 Å². The van der Waals surface area contributed by atoms with Gasteiger partial charge in [0.2, 0.25) is 5.91 Å². The van der Waals surface area contributed by atoms with Gasteiger partial charge in [-0.2, -0.15) is 5.10 Å². The number of halogens is 1. The molecule has 0 bridgehead atoms. The summed E-state index contributed by atoms with van der Waals surface area (Å²) in [6.07, 6.45) is 1.65. The zero-order valence-electron chi connectivity index (χ0n) is 13.9. The summed E-state index contributed by atoms with van der Waals surface area (Å²) in [6.45, 7) is 4.77. The van der Waals surface area contributed by atoms with Gasteiger partial charge in [0, 0.05) is 18.4 Å². The van der Waals surface area contributed by atoms with E-state index in [-0.39, 0.29) is 17.8 Å². The van der Waals surface area contributed by atoms with E-state index in [0.717, 1.165) is 24.5 Å². The molecule has 24 heavy (non-hydrogen) atoms. The number of amides is 1. The van der Waals surface area contributed by atoms with E-state index in [9.17, 15) is 9.18 Å². The highest BCUT2D eigenvalue weighted by molar-refractivity contribution is 5.81. The van der Waals surface area contributed by atoms with Gasteiger partial charge >= 0.3 is 0 Å². The van der Waals surface area contributed by atoms with E-state index in [1.54, 1.807) is 12.1 Å². The van der Waals surface area contributed by atoms with E-state index < -0.39 is 11.9 Å². The predicted octanol–water partition coefficient (Wildman–Crippen LogP) is 1.67. The Hall–Kier alpha value is -2.28. The number of fused-ring (bicyclic) bond motifs is 1. The van der Waals surface area contributed by atoms with E-state index in [1.807, 2.05) is 4.68 Å². The fourth-order valence-corrected chi connectivity index (χ4v) is 2.94. The Labute approximate surface area is 140 Å². The minimum atomic E-state index is -0.648. The zero-order valence-corrected chi connectivity index (χ0v) is 13.9. The molecule has 1 aliphatic rings. The van der Waals surface area contributed by atoms with Crippen molar-refractivity contribution in [3.8, 4) is 0 Å². The van der Waals surface area contributed by atoms with Crippen LogP contribution in [0.5, 0.6) is 0 Å². The molecule has 0 radical (unpaired) electrons. The van der Waals surface area contributed by atoms with Crippen molar-refractivity contribution in [2.24, 2.45) is 5.73 Å². The lowest BCUT2D eigenvalue weighted by Gasteiger charge is -2.27. The summed E-state index contributed by atoms with van der Waals surface area (Å²) in [7, 11) is 0. The van der Waals surface area contributed by atoms with Crippen molar-refractivity contribution in [3.05, 3.63) is 47.3 Å². The first-order valence-corrected chi connectivity index (χ1v) is 8.18. The fourth-order valence-electron chi connectivity index (χ4n) is 2.94. The number of hydrogen-bond acceptors (Lipinski definition) is 4. The Morgan fingerprint density at radius 2 is 2.08 bits per heavy atom. The molecule has 7 heteroatoms. The number of nitrogens with zero attached hydrogens (tertiary/aromatic N) is 3. The number of benzene rings is 1. The van der Waals surface area contributed by atoms with E-state index >= 15 is 0 Å². The number of primary amides is 1. The van der Waals surface area contributed by atoms with E-state index in [1.165, 1.54) is 12.1 Å². The van der Waals surface area contributed by atoms with Gasteiger partial charge < -0.3 is 5.73 Å². The van der Waals surface area contributed by atoms with Crippen LogP contribution in [0.15, 0.2) is 24.3 Å². The van der Waals surface area contributed by atoms with Crippen LogP contribution >= 0.6 is 0 Å². The normalized spacial score (nSPS) is 18.4. The first-order valence-electron chi connectivity index (χ1n) is 8.18. The highest BCUT2D eigenvalue weighted by Gasteiger charge is 2.27. The minimum Gasteiger partial charge on any atom is -0.368 e. The highest BCUT2D eigenvalue weighted by Crippen LogP contribution is 2.20. The lowest BCUT2D eigenvalue weighted by Crippen LogP contribution is -2.44. The topological polar surface area (TPSA) is 85.8 Å². The van der Waals surface area contributed by atoms with Gasteiger partial charge in [0.15, 0.2) is 5.82 Å². The largest absolute Gasteiger partial charge is 0.368 e. The molecule has 128 valence electrons. The lowest BCUT2D eigenvalue weighted by atomic mass is 10.0. The van der Waals surface area contributed by atoms with Crippen LogP contribution in [0.4, 0.5) is 4.39 Å². The summed E-state index contributed by atoms with van der Waals surface area (Å²) < 4.78 is 15.0. The monoisotopic (exact) mass is 331 g/mol. The molecule has 0 saturated carbocycles. The second kappa shape index (κ2) is 6.68. The second-order valence-electron chi connectivity index (χ2n) is 6.51. The maximum atomic E-state index is 13.1. The standard InChI is InChI=1S/C17H22FN5O/c1-10(2)17-21-14-8-7-13(9-23(14)22-17)20-15(16(19)24)11-3-5-12(18)6-4-11/h3-6,10,13,15,20H,7-9H2,1-2H3,(H2,19,24). The molecule has 1 aromatic carbocycles. The minimum absolute atomic E-state index is 0.0572. The number of carbonyl (C=O) groups excluding carboxylic acids is 1. The van der Waals surface area contributed by atoms with Crippen molar-refractivity contribution in [2.45, 2.75) is 51.2 Å². The molecule has 0 aliphatic carbocycles. The van der Waals surface area contributed by atoms with Crippen LogP contribution in [0.3, 0.4) is 0 Å². The highest BCUT2D eigenvalue weighted by atomic mass is 19.1. The Kier molecular flexibility index (Phi) is 4.62. The molecular formula is C17H22FN5O. The summed E-state index contributed by atoms with van der Waals surface area (Å²) in [6, 6.07) is 5.24. The molecule has 2 heterocycles. The molecule has 3 N–H and O–H groups in total. The first kappa shape index (κ1) is 16.6. The van der Waals surface area contributed by atoms with Gasteiger partial charge in [0.25, 0.3) is 0 Å². The Bertz CT molecular complexity index is 725. The van der Waals surface area contributed by atoms with Gasteiger partial charge in [-0.15, -0.1) is 0 Å². The molecule has 0 saturated heterocycles. The molecule has 2 unspecified atom stereocenters. The van der Waals surface area contributed by atoms with Crippen LogP contribution < -0.4 is 11.1 Å². The Morgan fingerprint density at radius 1 is 1.38 bits per heavy atom. The maximum absolute atomic E-state index is 13.1. The smallest absolute Gasteiger partial charge is 0.239 e. The predicted molar refractivity (Wildman–Crippen MR) is 87.7 cm³/mol. The molecular weight excluding hydrogens is 309 g/mol. The van der Waals surface area contributed by atoms with Gasteiger partial charge in [-0.3, -0.25) is 10.1 Å². The van der Waals surface area contributed by atoms with Crippen LogP contribution in [-0.4, -0.2) is 26.7 Å². The number of rotatable bonds is 5. The number of carbonyl (C=O) groups is 1. The third-order valence-corrected chi connectivity index (χ3v) is 4.28. The van der Waals surface area contributed by atoms with E-state index in [0.29, 0.717) is 12.1 Å². The van der Waals surface area contributed by atoms with Gasteiger partial charge in [-0.1, -0.05) is 26.0 Å². The average molecular weight is 331 g/mol. The van der Waals surface area contributed by atoms with E-state index in [4.69, 9.17) is 5.73 Å². The Balaban J connectivity index is 1.74. The average Bonchev–Trinajstić information content (AvgIpc) is 2.97. The summed E-state index contributed by atoms with van der Waals surface area (Å²) in [5.41, 5.74) is 6.20. The number of nitrogens with two attached hydrogens (primary N) is 1. The van der Waals surface area contributed by atoms with Gasteiger partial charge in [-0.05, 0) is 24.1 Å². The third-order valence-electron chi connectivity index (χ3n) is 4.28. The molecule has 3 rings (SSSR count). The SMILES string of the molecule is CC(C)c1nc2n(n1)CC(NC(C(N)=O)c1ccc(F)cc1)CC2. The van der Waals surface area contributed by atoms with Crippen molar-refractivity contribution in [1.82, 2.24) is 20.1 Å². The lowest BCUT2D eigenvalue weighted by molar-refractivity contribution is -0.120. The molecule has 6 nitrogen and oxygen atoms in total. The quantitative estimate of drug-likeness (QED) is 0.873. The number of aromatic nitrogens is 3. The van der Waals surface area contributed by atoms with Crippen LogP contribution in [0, 0.1) is 5.82 Å². The molecule has 1 aromatic heterocycles. The van der Waals surface area contributed by atoms with E-state index in [2.05, 4.69) is 29.2 Å². The molecule has 2 atom stereocenters. The molecule has 0 spiro atoms. The van der Waals surface area contributed by atoms with Crippen molar-refractivity contribution in [1.29, 1.82) is 0 Å². The molecule has 1 amide bonds. The third kappa shape index (κ3) is 3.46. The van der Waals surface area contributed by atoms with Gasteiger partial charge in [0.1, 0.15) is 17.7 Å². The molecule has 2 aromatic rings. The van der Waals surface area contributed by atoms with Crippen molar-refractivity contribution in [3.63, 3.8) is 0 Å². The molecule has 1 aliphatic heterocycles. The summed E-state index contributed by atoms with van der Waals surface area (Å²) in [5, 5.41) is 7.82. The van der Waals surface area contributed by atoms with Crippen molar-refractivity contribution >= 4 is 5.91 Å². The first-order chi connectivity index (χ1) is 11.4. The summed E-state index contributed by atoms with van der Waals surface area (Å²) in [4.78, 5) is 16.4.